The Kier molecular flexibility index (Phi) is 3.61. The maximum absolute atomic E-state index is 13.1. The molecule has 0 bridgehead atoms. The highest BCUT2D eigenvalue weighted by Crippen LogP contribution is 2.25. The smallest absolute Gasteiger partial charge is 0.292 e. The third-order valence-electron chi connectivity index (χ3n) is 2.30. The van der Waals surface area contributed by atoms with E-state index in [1.54, 1.807) is 0 Å². The summed E-state index contributed by atoms with van der Waals surface area (Å²) in [6.45, 7) is 0. The van der Waals surface area contributed by atoms with Crippen molar-refractivity contribution >= 4 is 33.2 Å². The number of aromatic nitrogens is 1. The van der Waals surface area contributed by atoms with Gasteiger partial charge >= 0.3 is 0 Å². The predicted octanol–water partition coefficient (Wildman–Crippen LogP) is 3.08. The summed E-state index contributed by atoms with van der Waals surface area (Å²) in [6.07, 6.45) is 1.54. The molecule has 0 unspecified atom stereocenters. The molecule has 0 spiro atoms. The Bertz CT molecular complexity index is 656. The normalized spacial score (nSPS) is 10.2. The molecule has 19 heavy (non-hydrogen) atoms. The average molecular weight is 328 g/mol. The van der Waals surface area contributed by atoms with Crippen LogP contribution in [0.5, 0.6) is 0 Å². The van der Waals surface area contributed by atoms with Gasteiger partial charge in [-0.05, 0) is 28.1 Å². The Morgan fingerprint density at radius 2 is 2.16 bits per heavy atom. The van der Waals surface area contributed by atoms with E-state index in [4.69, 9.17) is 0 Å². The minimum absolute atomic E-state index is 0.194. The first kappa shape index (κ1) is 13.2. The van der Waals surface area contributed by atoms with E-state index >= 15 is 0 Å². The summed E-state index contributed by atoms with van der Waals surface area (Å²) in [5.41, 5.74) is -0.369. The van der Waals surface area contributed by atoms with E-state index in [1.807, 2.05) is 0 Å². The zero-order valence-corrected chi connectivity index (χ0v) is 10.9. The number of rotatable bonds is 3. The van der Waals surface area contributed by atoms with Gasteiger partial charge in [0.05, 0.1) is 4.92 Å². The monoisotopic (exact) mass is 327 g/mol. The number of nitrogens with one attached hydrogen (secondary N) is 2. The van der Waals surface area contributed by atoms with Gasteiger partial charge in [0.2, 0.25) is 0 Å². The lowest BCUT2D eigenvalue weighted by atomic mass is 10.2. The van der Waals surface area contributed by atoms with Crippen molar-refractivity contribution in [1.29, 1.82) is 0 Å². The van der Waals surface area contributed by atoms with Crippen molar-refractivity contribution in [1.82, 2.24) is 4.98 Å². The molecule has 0 radical (unpaired) electrons. The highest BCUT2D eigenvalue weighted by atomic mass is 79.9. The molecule has 0 aliphatic rings. The highest BCUT2D eigenvalue weighted by molar-refractivity contribution is 9.10. The first-order valence-electron chi connectivity index (χ1n) is 5.06. The van der Waals surface area contributed by atoms with Gasteiger partial charge in [0.25, 0.3) is 11.6 Å². The van der Waals surface area contributed by atoms with Gasteiger partial charge in [0.15, 0.2) is 0 Å². The van der Waals surface area contributed by atoms with Gasteiger partial charge in [-0.2, -0.15) is 0 Å². The topological polar surface area (TPSA) is 88.0 Å². The van der Waals surface area contributed by atoms with E-state index in [0.29, 0.717) is 4.47 Å². The second kappa shape index (κ2) is 5.19. The van der Waals surface area contributed by atoms with Crippen molar-refractivity contribution in [2.24, 2.45) is 0 Å². The fourth-order valence-corrected chi connectivity index (χ4v) is 1.80. The summed E-state index contributed by atoms with van der Waals surface area (Å²) in [5.74, 6) is -1.27. The van der Waals surface area contributed by atoms with Crippen LogP contribution in [0.2, 0.25) is 0 Å². The number of aromatic amines is 1. The first-order chi connectivity index (χ1) is 8.97. The lowest BCUT2D eigenvalue weighted by molar-refractivity contribution is -0.384. The number of carbonyl (C=O) groups is 1. The van der Waals surface area contributed by atoms with Crippen LogP contribution >= 0.6 is 15.9 Å². The van der Waals surface area contributed by atoms with Crippen molar-refractivity contribution in [3.05, 3.63) is 56.6 Å². The van der Waals surface area contributed by atoms with Gasteiger partial charge in [-0.15, -0.1) is 0 Å². The molecule has 98 valence electrons. The summed E-state index contributed by atoms with van der Waals surface area (Å²) in [7, 11) is 0. The van der Waals surface area contributed by atoms with E-state index in [2.05, 4.69) is 26.2 Å². The van der Waals surface area contributed by atoms with E-state index in [-0.39, 0.29) is 17.1 Å². The number of carbonyl (C=O) groups excluding carboxylic acids is 1. The number of nitro benzene ring substituents is 1. The van der Waals surface area contributed by atoms with E-state index < -0.39 is 16.6 Å². The summed E-state index contributed by atoms with van der Waals surface area (Å²) >= 11 is 3.16. The van der Waals surface area contributed by atoms with Crippen LogP contribution in [0.15, 0.2) is 34.9 Å². The molecule has 0 fully saturated rings. The van der Waals surface area contributed by atoms with Gasteiger partial charge in [0.1, 0.15) is 17.2 Å². The molecule has 6 nitrogen and oxygen atoms in total. The van der Waals surface area contributed by atoms with Crippen molar-refractivity contribution in [3.63, 3.8) is 0 Å². The van der Waals surface area contributed by atoms with Gasteiger partial charge < -0.3 is 10.3 Å². The number of anilines is 1. The Morgan fingerprint density at radius 3 is 2.74 bits per heavy atom. The molecule has 0 aliphatic carbocycles. The van der Waals surface area contributed by atoms with Gasteiger partial charge in [-0.3, -0.25) is 14.9 Å². The Hall–Kier alpha value is -2.22. The lowest BCUT2D eigenvalue weighted by Gasteiger charge is -2.04. The molecule has 1 heterocycles. The fraction of sp³-hybridized carbons (Fsp3) is 0. The highest BCUT2D eigenvalue weighted by Gasteiger charge is 2.18. The van der Waals surface area contributed by atoms with E-state index in [9.17, 15) is 19.3 Å². The first-order valence-corrected chi connectivity index (χ1v) is 5.86. The molecule has 0 saturated heterocycles. The summed E-state index contributed by atoms with van der Waals surface area (Å²) in [6, 6.07) is 4.35. The minimum Gasteiger partial charge on any atom is -0.356 e. The Labute approximate surface area is 114 Å². The zero-order chi connectivity index (χ0) is 14.0. The molecule has 2 rings (SSSR count). The summed E-state index contributed by atoms with van der Waals surface area (Å²) in [4.78, 5) is 24.5. The number of benzene rings is 1. The molecule has 0 atom stereocenters. The Balaban J connectivity index is 2.30. The molecule has 1 aromatic heterocycles. The second-order valence-electron chi connectivity index (χ2n) is 3.60. The maximum Gasteiger partial charge on any atom is 0.292 e. The van der Waals surface area contributed by atoms with Crippen LogP contribution in [0.25, 0.3) is 0 Å². The number of nitrogens with zero attached hydrogens (tertiary/aromatic N) is 1. The molecule has 0 aliphatic heterocycles. The molecular weight excluding hydrogens is 321 g/mol. The molecule has 8 heteroatoms. The van der Waals surface area contributed by atoms with Crippen LogP contribution in [0.1, 0.15) is 10.5 Å². The van der Waals surface area contributed by atoms with Gasteiger partial charge in [0, 0.05) is 22.8 Å². The second-order valence-corrected chi connectivity index (χ2v) is 4.52. The van der Waals surface area contributed by atoms with Crippen LogP contribution < -0.4 is 5.32 Å². The van der Waals surface area contributed by atoms with Gasteiger partial charge in [-0.1, -0.05) is 0 Å². The van der Waals surface area contributed by atoms with E-state index in [0.717, 1.165) is 18.2 Å². The van der Waals surface area contributed by atoms with Crippen molar-refractivity contribution in [3.8, 4) is 0 Å². The van der Waals surface area contributed by atoms with Crippen molar-refractivity contribution < 1.29 is 14.1 Å². The quantitative estimate of drug-likeness (QED) is 0.670. The zero-order valence-electron chi connectivity index (χ0n) is 9.31. The average Bonchev–Trinajstić information content (AvgIpc) is 2.75. The lowest BCUT2D eigenvalue weighted by Crippen LogP contribution is -2.13. The Morgan fingerprint density at radius 1 is 1.42 bits per heavy atom. The van der Waals surface area contributed by atoms with Crippen molar-refractivity contribution in [2.75, 3.05) is 5.32 Å². The fourth-order valence-electron chi connectivity index (χ4n) is 1.46. The van der Waals surface area contributed by atoms with Crippen LogP contribution in [0, 0.1) is 15.9 Å². The largest absolute Gasteiger partial charge is 0.356 e. The standard InChI is InChI=1S/C11H7BrFN3O3/c12-6-3-9(14-5-6)11(17)15-8-4-7(13)1-2-10(8)16(18)19/h1-5,14H,(H,15,17). The molecular formula is C11H7BrFN3O3. The molecule has 0 saturated carbocycles. The SMILES string of the molecule is O=C(Nc1cc(F)ccc1[N+](=O)[O-])c1cc(Br)c[nH]1. The third-order valence-corrected chi connectivity index (χ3v) is 2.75. The number of amides is 1. The van der Waals surface area contributed by atoms with Gasteiger partial charge in [-0.25, -0.2) is 4.39 Å². The number of nitro groups is 1. The molecule has 2 aromatic rings. The molecule has 1 aromatic carbocycles. The van der Waals surface area contributed by atoms with Crippen molar-refractivity contribution in [2.45, 2.75) is 0 Å². The summed E-state index contributed by atoms with van der Waals surface area (Å²) in [5, 5.41) is 13.1. The number of hydrogen-bond donors (Lipinski definition) is 2. The van der Waals surface area contributed by atoms with Crippen LogP contribution in [-0.2, 0) is 0 Å². The molecule has 1 amide bonds. The minimum atomic E-state index is -0.695. The van der Waals surface area contributed by atoms with E-state index in [1.165, 1.54) is 12.3 Å². The van der Waals surface area contributed by atoms with Crippen LogP contribution in [-0.4, -0.2) is 15.8 Å². The number of hydrogen-bond acceptors (Lipinski definition) is 3. The van der Waals surface area contributed by atoms with Crippen LogP contribution in [0.3, 0.4) is 0 Å². The number of halogens is 2. The molecule has 2 N–H and O–H groups in total. The maximum atomic E-state index is 13.1. The van der Waals surface area contributed by atoms with Crippen LogP contribution in [0.4, 0.5) is 15.8 Å². The number of H-pyrrole nitrogens is 1. The summed E-state index contributed by atoms with van der Waals surface area (Å²) < 4.78 is 13.7. The third kappa shape index (κ3) is 2.97. The predicted molar refractivity (Wildman–Crippen MR) is 69.5 cm³/mol.